The van der Waals surface area contributed by atoms with E-state index in [1.54, 1.807) is 26.2 Å². The van der Waals surface area contributed by atoms with Crippen LogP contribution in [0.5, 0.6) is 6.01 Å². The van der Waals surface area contributed by atoms with Gasteiger partial charge in [-0.15, -0.1) is 0 Å². The highest BCUT2D eigenvalue weighted by Gasteiger charge is 2.23. The number of carbonyl (C=O) groups is 1. The zero-order valence-electron chi connectivity index (χ0n) is 21.4. The summed E-state index contributed by atoms with van der Waals surface area (Å²) in [5, 5.41) is 0. The molecule has 4 heterocycles. The van der Waals surface area contributed by atoms with Gasteiger partial charge in [-0.05, 0) is 23.8 Å². The van der Waals surface area contributed by atoms with Crippen LogP contribution in [0.15, 0.2) is 53.7 Å². The Morgan fingerprint density at radius 1 is 1.00 bits per heavy atom. The molecule has 10 nitrogen and oxygen atoms in total. The van der Waals surface area contributed by atoms with E-state index in [9.17, 15) is 9.59 Å². The Labute approximate surface area is 216 Å². The minimum atomic E-state index is -0.183. The van der Waals surface area contributed by atoms with Crippen LogP contribution in [0.2, 0.25) is 0 Å². The lowest BCUT2D eigenvalue weighted by atomic mass is 10.1. The summed E-state index contributed by atoms with van der Waals surface area (Å²) in [6.07, 6.45) is 4.74. The number of hydrogen-bond acceptors (Lipinski definition) is 8. The molecule has 0 unspecified atom stereocenters. The van der Waals surface area contributed by atoms with Crippen LogP contribution >= 0.6 is 0 Å². The van der Waals surface area contributed by atoms with Crippen molar-refractivity contribution in [3.63, 3.8) is 0 Å². The molecule has 5 rings (SSSR count). The molecular weight excluding hydrogens is 470 g/mol. The summed E-state index contributed by atoms with van der Waals surface area (Å²) in [6.45, 7) is 7.73. The first-order valence-electron chi connectivity index (χ1n) is 12.8. The van der Waals surface area contributed by atoms with Gasteiger partial charge in [-0.3, -0.25) is 19.1 Å². The lowest BCUT2D eigenvalue weighted by molar-refractivity contribution is -0.130. The molecular formula is C27H33N7O3. The van der Waals surface area contributed by atoms with E-state index in [1.165, 1.54) is 28.2 Å². The van der Waals surface area contributed by atoms with Crippen LogP contribution in [0.3, 0.4) is 0 Å². The third-order valence-corrected chi connectivity index (χ3v) is 7.18. The Bertz CT molecular complexity index is 1260. The van der Waals surface area contributed by atoms with Crippen LogP contribution in [0, 0.1) is 0 Å². The Morgan fingerprint density at radius 3 is 2.38 bits per heavy atom. The second kappa shape index (κ2) is 11.1. The van der Waals surface area contributed by atoms with E-state index in [-0.39, 0.29) is 17.6 Å². The normalized spacial score (nSPS) is 17.1. The molecule has 1 amide bonds. The maximum absolute atomic E-state index is 12.5. The number of aromatic nitrogens is 4. The van der Waals surface area contributed by atoms with Crippen LogP contribution in [0.1, 0.15) is 25.3 Å². The number of benzene rings is 1. The van der Waals surface area contributed by atoms with Gasteiger partial charge in [0.05, 0.1) is 11.4 Å². The zero-order chi connectivity index (χ0) is 25.8. The number of piperidine rings is 1. The van der Waals surface area contributed by atoms with Gasteiger partial charge in [0.15, 0.2) is 0 Å². The number of nitrogens with zero attached hydrogens (tertiary/aromatic N) is 7. The monoisotopic (exact) mass is 503 g/mol. The Kier molecular flexibility index (Phi) is 7.45. The van der Waals surface area contributed by atoms with Crippen molar-refractivity contribution in [2.75, 3.05) is 44.2 Å². The maximum atomic E-state index is 12.5. The summed E-state index contributed by atoms with van der Waals surface area (Å²) in [4.78, 5) is 43.4. The van der Waals surface area contributed by atoms with E-state index >= 15 is 0 Å². The SMILES string of the molecule is CC(=O)N1CCN(Cc2ccc(N3CCC(Oc4nc(-c5ccncn5)cc(=O)n4C)CC3)cc2)CC1. The molecule has 3 aromatic rings. The van der Waals surface area contributed by atoms with Gasteiger partial charge in [0.2, 0.25) is 5.91 Å². The highest BCUT2D eigenvalue weighted by molar-refractivity contribution is 5.73. The van der Waals surface area contributed by atoms with E-state index < -0.39 is 0 Å². The van der Waals surface area contributed by atoms with Crippen molar-refractivity contribution >= 4 is 11.6 Å². The zero-order valence-corrected chi connectivity index (χ0v) is 21.4. The lowest BCUT2D eigenvalue weighted by Gasteiger charge is -2.35. The van der Waals surface area contributed by atoms with Crippen molar-refractivity contribution in [2.24, 2.45) is 7.05 Å². The van der Waals surface area contributed by atoms with Gasteiger partial charge in [-0.2, -0.15) is 4.98 Å². The second-order valence-electron chi connectivity index (χ2n) is 9.67. The summed E-state index contributed by atoms with van der Waals surface area (Å²) in [7, 11) is 1.67. The average Bonchev–Trinajstić information content (AvgIpc) is 2.93. The van der Waals surface area contributed by atoms with Gasteiger partial charge in [-0.25, -0.2) is 9.97 Å². The number of hydrogen-bond donors (Lipinski definition) is 0. The van der Waals surface area contributed by atoms with Gasteiger partial charge in [-0.1, -0.05) is 12.1 Å². The van der Waals surface area contributed by atoms with Crippen LogP contribution < -0.4 is 15.2 Å². The van der Waals surface area contributed by atoms with Crippen molar-refractivity contribution in [1.29, 1.82) is 0 Å². The first-order chi connectivity index (χ1) is 18.0. The van der Waals surface area contributed by atoms with Crippen LogP contribution in [0.4, 0.5) is 5.69 Å². The summed E-state index contributed by atoms with van der Waals surface area (Å²) in [5.41, 5.74) is 3.39. The molecule has 2 aromatic heterocycles. The number of carbonyl (C=O) groups excluding carboxylic acids is 1. The third kappa shape index (κ3) is 5.96. The van der Waals surface area contributed by atoms with Crippen molar-refractivity contribution < 1.29 is 9.53 Å². The van der Waals surface area contributed by atoms with Gasteiger partial charge >= 0.3 is 0 Å². The van der Waals surface area contributed by atoms with E-state index in [4.69, 9.17) is 4.74 Å². The number of rotatable bonds is 6. The van der Waals surface area contributed by atoms with Crippen molar-refractivity contribution in [3.05, 3.63) is 64.8 Å². The molecule has 0 saturated carbocycles. The minimum Gasteiger partial charge on any atom is -0.461 e. The molecule has 0 aliphatic carbocycles. The summed E-state index contributed by atoms with van der Waals surface area (Å²) >= 11 is 0. The van der Waals surface area contributed by atoms with E-state index in [0.29, 0.717) is 17.4 Å². The molecule has 0 N–H and O–H groups in total. The molecule has 1 aromatic carbocycles. The van der Waals surface area contributed by atoms with Crippen LogP contribution in [-0.2, 0) is 18.4 Å². The molecule has 0 radical (unpaired) electrons. The standard InChI is InChI=1S/C27H33N7O3/c1-20(35)33-15-13-32(14-16-33)18-21-3-5-22(6-4-21)34-11-8-23(9-12-34)37-27-30-25(17-26(36)31(27)2)24-7-10-28-19-29-24/h3-7,10,17,19,23H,8-9,11-16,18H2,1-2H3. The molecule has 0 bridgehead atoms. The maximum Gasteiger partial charge on any atom is 0.299 e. The Hall–Kier alpha value is -3.79. The molecule has 10 heteroatoms. The smallest absolute Gasteiger partial charge is 0.299 e. The van der Waals surface area contributed by atoms with Gasteiger partial charge in [0.1, 0.15) is 12.4 Å². The van der Waals surface area contributed by atoms with E-state index in [1.807, 2.05) is 4.90 Å². The van der Waals surface area contributed by atoms with E-state index in [2.05, 4.69) is 49.0 Å². The summed E-state index contributed by atoms with van der Waals surface area (Å²) < 4.78 is 7.63. The fourth-order valence-electron chi connectivity index (χ4n) is 4.87. The highest BCUT2D eigenvalue weighted by atomic mass is 16.5. The largest absolute Gasteiger partial charge is 0.461 e. The summed E-state index contributed by atoms with van der Waals surface area (Å²) in [6, 6.07) is 12.3. The molecule has 2 saturated heterocycles. The molecule has 2 aliphatic rings. The second-order valence-corrected chi connectivity index (χ2v) is 9.67. The molecule has 2 fully saturated rings. The Balaban J connectivity index is 1.15. The van der Waals surface area contributed by atoms with Crippen molar-refractivity contribution in [3.8, 4) is 17.4 Å². The molecule has 2 aliphatic heterocycles. The fraction of sp³-hybridized carbons (Fsp3) is 0.444. The van der Waals surface area contributed by atoms with E-state index in [0.717, 1.165) is 58.7 Å². The number of amides is 1. The van der Waals surface area contributed by atoms with Gasteiger partial charge < -0.3 is 14.5 Å². The molecule has 194 valence electrons. The number of piperazine rings is 1. The predicted octanol–water partition coefficient (Wildman–Crippen LogP) is 1.95. The Morgan fingerprint density at radius 2 is 1.73 bits per heavy atom. The van der Waals surface area contributed by atoms with Gasteiger partial charge in [0, 0.05) is 90.6 Å². The quantitative estimate of drug-likeness (QED) is 0.504. The predicted molar refractivity (Wildman–Crippen MR) is 140 cm³/mol. The fourth-order valence-corrected chi connectivity index (χ4v) is 4.87. The first-order valence-corrected chi connectivity index (χ1v) is 12.8. The number of anilines is 1. The van der Waals surface area contributed by atoms with Gasteiger partial charge in [0.25, 0.3) is 11.6 Å². The van der Waals surface area contributed by atoms with Crippen molar-refractivity contribution in [2.45, 2.75) is 32.4 Å². The molecule has 37 heavy (non-hydrogen) atoms. The minimum absolute atomic E-state index is 0.0112. The lowest BCUT2D eigenvalue weighted by Crippen LogP contribution is -2.47. The topological polar surface area (TPSA) is 96.7 Å². The molecule has 0 atom stereocenters. The first kappa shape index (κ1) is 24.9. The number of ether oxygens (including phenoxy) is 1. The third-order valence-electron chi connectivity index (χ3n) is 7.18. The molecule has 0 spiro atoms. The highest BCUT2D eigenvalue weighted by Crippen LogP contribution is 2.24. The van der Waals surface area contributed by atoms with Crippen molar-refractivity contribution in [1.82, 2.24) is 29.3 Å². The van der Waals surface area contributed by atoms with Crippen LogP contribution in [0.25, 0.3) is 11.4 Å². The van der Waals surface area contributed by atoms with Crippen LogP contribution in [-0.4, -0.2) is 80.6 Å². The average molecular weight is 504 g/mol. The summed E-state index contributed by atoms with van der Waals surface area (Å²) in [5.74, 6) is 0.161.